The molecule has 2 rings (SSSR count). The van der Waals surface area contributed by atoms with Gasteiger partial charge in [0.15, 0.2) is 25.4 Å². The molecule has 2 aromatic rings. The number of hydrogen-bond acceptors (Lipinski definition) is 6. The van der Waals surface area contributed by atoms with Crippen molar-refractivity contribution in [2.24, 2.45) is 0 Å². The number of rotatable bonds is 5. The predicted octanol–water partition coefficient (Wildman–Crippen LogP) is 3.93. The average Bonchev–Trinajstić information content (AvgIpc) is 2.53. The van der Waals surface area contributed by atoms with E-state index in [0.29, 0.717) is 4.47 Å². The van der Waals surface area contributed by atoms with Gasteiger partial charge in [-0.05, 0) is 24.3 Å². The van der Waals surface area contributed by atoms with Gasteiger partial charge in [-0.2, -0.15) is 0 Å². The Balaban J connectivity index is 2.62. The van der Waals surface area contributed by atoms with Crippen molar-refractivity contribution >= 4 is 58.8 Å². The molecule has 0 saturated carbocycles. The Morgan fingerprint density at radius 2 is 1.50 bits per heavy atom. The van der Waals surface area contributed by atoms with E-state index in [1.54, 1.807) is 0 Å². The molecule has 0 unspecified atom stereocenters. The number of sulfone groups is 2. The molecule has 0 saturated heterocycles. The van der Waals surface area contributed by atoms with E-state index >= 15 is 0 Å². The van der Waals surface area contributed by atoms with E-state index in [1.807, 2.05) is 0 Å². The van der Waals surface area contributed by atoms with Crippen LogP contribution in [0.3, 0.4) is 0 Å². The summed E-state index contributed by atoms with van der Waals surface area (Å²) >= 11 is 14.8. The lowest BCUT2D eigenvalue weighted by molar-refractivity contribution is 0.451. The molecule has 6 nitrogen and oxygen atoms in total. The van der Waals surface area contributed by atoms with Gasteiger partial charge in [-0.3, -0.25) is 0 Å². The molecule has 0 aliphatic rings. The van der Waals surface area contributed by atoms with Crippen molar-refractivity contribution in [3.05, 3.63) is 44.3 Å². The second kappa shape index (κ2) is 7.55. The minimum Gasteiger partial charge on any atom is -0.506 e. The molecule has 26 heavy (non-hydrogen) atoms. The maximum atomic E-state index is 12.7. The molecule has 142 valence electrons. The normalized spacial score (nSPS) is 12.3. The Labute approximate surface area is 169 Å². The molecular weight excluding hydrogens is 491 g/mol. The second-order valence-electron chi connectivity index (χ2n) is 5.31. The van der Waals surface area contributed by atoms with E-state index in [9.17, 15) is 27.0 Å². The summed E-state index contributed by atoms with van der Waals surface area (Å²) in [5.74, 6) is -2.42. The molecule has 0 aliphatic heterocycles. The fourth-order valence-corrected chi connectivity index (χ4v) is 6.05. The van der Waals surface area contributed by atoms with Crippen molar-refractivity contribution in [2.75, 3.05) is 5.75 Å². The first-order chi connectivity index (χ1) is 11.9. The van der Waals surface area contributed by atoms with E-state index < -0.39 is 46.7 Å². The van der Waals surface area contributed by atoms with Crippen molar-refractivity contribution in [1.82, 2.24) is 0 Å². The van der Waals surface area contributed by atoms with E-state index in [1.165, 1.54) is 13.0 Å². The lowest BCUT2D eigenvalue weighted by atomic mass is 10.2. The zero-order valence-electron chi connectivity index (χ0n) is 13.2. The molecule has 2 aromatic carbocycles. The summed E-state index contributed by atoms with van der Waals surface area (Å²) in [5.41, 5.74) is -0.208. The molecule has 0 spiro atoms. The summed E-state index contributed by atoms with van der Waals surface area (Å²) < 4.78 is 49.8. The lowest BCUT2D eigenvalue weighted by Gasteiger charge is -2.13. The van der Waals surface area contributed by atoms with Crippen LogP contribution in [0.1, 0.15) is 12.5 Å². The van der Waals surface area contributed by atoms with Crippen LogP contribution in [-0.2, 0) is 25.4 Å². The smallest absolute Gasteiger partial charge is 0.186 e. The number of phenols is 2. The van der Waals surface area contributed by atoms with E-state index in [4.69, 9.17) is 23.2 Å². The van der Waals surface area contributed by atoms with Crippen LogP contribution < -0.4 is 0 Å². The monoisotopic (exact) mass is 502 g/mol. The Bertz CT molecular complexity index is 1080. The topological polar surface area (TPSA) is 109 Å². The minimum absolute atomic E-state index is 0.0449. The van der Waals surface area contributed by atoms with Gasteiger partial charge in [-0.1, -0.05) is 46.1 Å². The van der Waals surface area contributed by atoms with Crippen molar-refractivity contribution in [3.63, 3.8) is 0 Å². The van der Waals surface area contributed by atoms with Crippen LogP contribution >= 0.6 is 39.1 Å². The summed E-state index contributed by atoms with van der Waals surface area (Å²) in [7, 11) is -8.00. The number of phenolic OH excluding ortho intramolecular Hbond substituents is 2. The van der Waals surface area contributed by atoms with Gasteiger partial charge in [0.1, 0.15) is 15.5 Å². The molecular formula is C15H13BrCl2O6S2. The maximum absolute atomic E-state index is 12.7. The highest BCUT2D eigenvalue weighted by Crippen LogP contribution is 2.38. The average molecular weight is 504 g/mol. The largest absolute Gasteiger partial charge is 0.506 e. The SMILES string of the molecule is CCS(=O)(=O)c1cc(Cl)cc(CS(=O)(=O)c2cc(Br)cc(Cl)c2O)c1O. The Kier molecular flexibility index (Phi) is 6.19. The highest BCUT2D eigenvalue weighted by Gasteiger charge is 2.27. The number of hydrogen-bond donors (Lipinski definition) is 2. The summed E-state index contributed by atoms with van der Waals surface area (Å²) in [6, 6.07) is 4.68. The van der Waals surface area contributed by atoms with E-state index in [0.717, 1.165) is 18.2 Å². The predicted molar refractivity (Wildman–Crippen MR) is 103 cm³/mol. The molecule has 11 heteroatoms. The molecule has 0 amide bonds. The molecule has 0 bridgehead atoms. The summed E-state index contributed by atoms with van der Waals surface area (Å²) in [6.45, 7) is 1.38. The van der Waals surface area contributed by atoms with Crippen LogP contribution in [0, 0.1) is 0 Å². The number of aromatic hydroxyl groups is 2. The Morgan fingerprint density at radius 1 is 0.923 bits per heavy atom. The van der Waals surface area contributed by atoms with Gasteiger partial charge < -0.3 is 10.2 Å². The third kappa shape index (κ3) is 4.28. The minimum atomic E-state index is -4.18. The van der Waals surface area contributed by atoms with E-state index in [2.05, 4.69) is 15.9 Å². The van der Waals surface area contributed by atoms with Crippen LogP contribution in [0.4, 0.5) is 0 Å². The van der Waals surface area contributed by atoms with Crippen molar-refractivity contribution in [2.45, 2.75) is 22.5 Å². The maximum Gasteiger partial charge on any atom is 0.186 e. The molecule has 2 N–H and O–H groups in total. The quantitative estimate of drug-likeness (QED) is 0.639. The van der Waals surface area contributed by atoms with Crippen LogP contribution in [0.25, 0.3) is 0 Å². The highest BCUT2D eigenvalue weighted by molar-refractivity contribution is 9.10. The highest BCUT2D eigenvalue weighted by atomic mass is 79.9. The van der Waals surface area contributed by atoms with Crippen molar-refractivity contribution in [1.29, 1.82) is 0 Å². The third-order valence-corrected chi connectivity index (χ3v) is 7.89. The standard InChI is InChI=1S/C15H13BrCl2O6S2/c1-2-25(21,22)13-6-10(17)3-8(14(13)19)7-26(23,24)12-5-9(16)4-11(18)15(12)20/h3-6,19-20H,2,7H2,1H3. The lowest BCUT2D eigenvalue weighted by Crippen LogP contribution is -2.09. The fourth-order valence-electron chi connectivity index (χ4n) is 2.19. The third-order valence-electron chi connectivity index (χ3n) is 3.51. The van der Waals surface area contributed by atoms with Gasteiger partial charge in [0.05, 0.1) is 16.5 Å². The van der Waals surface area contributed by atoms with Gasteiger partial charge in [0, 0.05) is 15.1 Å². The molecule has 0 fully saturated rings. The first-order valence-electron chi connectivity index (χ1n) is 7.04. The molecule has 0 aliphatic carbocycles. The van der Waals surface area contributed by atoms with Gasteiger partial charge >= 0.3 is 0 Å². The molecule has 0 aromatic heterocycles. The zero-order valence-corrected chi connectivity index (χ0v) is 17.9. The summed E-state index contributed by atoms with van der Waals surface area (Å²) in [5, 5.41) is 20.0. The number of halogens is 3. The fraction of sp³-hybridized carbons (Fsp3) is 0.200. The van der Waals surface area contributed by atoms with Crippen LogP contribution in [-0.4, -0.2) is 32.8 Å². The van der Waals surface area contributed by atoms with Crippen molar-refractivity contribution < 1.29 is 27.0 Å². The number of benzene rings is 2. The molecule has 0 atom stereocenters. The van der Waals surface area contributed by atoms with Gasteiger partial charge in [0.2, 0.25) is 0 Å². The first-order valence-corrected chi connectivity index (χ1v) is 11.9. The van der Waals surface area contributed by atoms with Gasteiger partial charge in [-0.15, -0.1) is 0 Å². The van der Waals surface area contributed by atoms with Gasteiger partial charge in [0.25, 0.3) is 0 Å². The Hall–Kier alpha value is -1.00. The van der Waals surface area contributed by atoms with Crippen LogP contribution in [0.2, 0.25) is 10.0 Å². The van der Waals surface area contributed by atoms with Crippen LogP contribution in [0.5, 0.6) is 11.5 Å². The second-order valence-corrected chi connectivity index (χ2v) is 11.3. The first kappa shape index (κ1) is 21.3. The van der Waals surface area contributed by atoms with E-state index in [-0.39, 0.29) is 21.4 Å². The zero-order chi connectivity index (χ0) is 19.9. The van der Waals surface area contributed by atoms with Crippen LogP contribution in [0.15, 0.2) is 38.5 Å². The van der Waals surface area contributed by atoms with Gasteiger partial charge in [-0.25, -0.2) is 16.8 Å². The Morgan fingerprint density at radius 3 is 2.08 bits per heavy atom. The summed E-state index contributed by atoms with van der Waals surface area (Å²) in [4.78, 5) is -0.912. The summed E-state index contributed by atoms with van der Waals surface area (Å²) in [6.07, 6.45) is 0. The molecule has 0 heterocycles. The van der Waals surface area contributed by atoms with Crippen molar-refractivity contribution in [3.8, 4) is 11.5 Å². The molecule has 0 radical (unpaired) electrons.